The average molecular weight is 332 g/mol. The van der Waals surface area contributed by atoms with Gasteiger partial charge in [-0.2, -0.15) is 0 Å². The molecular formula is C16H16N2O4S. The van der Waals surface area contributed by atoms with E-state index in [0.717, 1.165) is 22.6 Å². The Bertz CT molecular complexity index is 756. The molecule has 3 rings (SSSR count). The van der Waals surface area contributed by atoms with E-state index in [4.69, 9.17) is 9.84 Å². The Balaban J connectivity index is 1.78. The number of carbonyl (C=O) groups excluding carboxylic acids is 1. The molecule has 0 radical (unpaired) electrons. The Morgan fingerprint density at radius 3 is 2.96 bits per heavy atom. The van der Waals surface area contributed by atoms with Gasteiger partial charge in [-0.3, -0.25) is 4.79 Å². The maximum Gasteiger partial charge on any atom is 0.335 e. The van der Waals surface area contributed by atoms with Gasteiger partial charge in [-0.25, -0.2) is 9.78 Å². The molecule has 7 heteroatoms. The minimum absolute atomic E-state index is 0.130. The molecule has 120 valence electrons. The minimum Gasteiger partial charge on any atom is -0.478 e. The highest BCUT2D eigenvalue weighted by molar-refractivity contribution is 7.09. The summed E-state index contributed by atoms with van der Waals surface area (Å²) in [6, 6.07) is 5.09. The lowest BCUT2D eigenvalue weighted by Gasteiger charge is -2.28. The van der Waals surface area contributed by atoms with Crippen molar-refractivity contribution in [2.24, 2.45) is 0 Å². The van der Waals surface area contributed by atoms with Gasteiger partial charge in [0.15, 0.2) is 0 Å². The molecule has 1 amide bonds. The smallest absolute Gasteiger partial charge is 0.335 e. The van der Waals surface area contributed by atoms with E-state index in [-0.39, 0.29) is 11.5 Å². The van der Waals surface area contributed by atoms with Crippen LogP contribution in [0.2, 0.25) is 0 Å². The molecule has 6 nitrogen and oxygen atoms in total. The van der Waals surface area contributed by atoms with E-state index in [1.165, 1.54) is 11.3 Å². The van der Waals surface area contributed by atoms with Crippen LogP contribution in [0.15, 0.2) is 23.6 Å². The molecule has 2 heterocycles. The molecular weight excluding hydrogens is 316 g/mol. The van der Waals surface area contributed by atoms with Crippen LogP contribution in [-0.2, 0) is 24.3 Å². The van der Waals surface area contributed by atoms with Gasteiger partial charge in [0.1, 0.15) is 10.7 Å². The SMILES string of the molecule is COCc1nc(C(=O)N2CCc3ccc(C(=O)O)cc3C2)cs1. The zero-order valence-electron chi connectivity index (χ0n) is 12.6. The third kappa shape index (κ3) is 3.25. The van der Waals surface area contributed by atoms with Crippen LogP contribution in [0.1, 0.15) is 37.0 Å². The topological polar surface area (TPSA) is 79.7 Å². The number of aromatic carboxylic acids is 1. The van der Waals surface area contributed by atoms with Gasteiger partial charge >= 0.3 is 5.97 Å². The van der Waals surface area contributed by atoms with Crippen molar-refractivity contribution >= 4 is 23.2 Å². The van der Waals surface area contributed by atoms with E-state index >= 15 is 0 Å². The van der Waals surface area contributed by atoms with Crippen molar-refractivity contribution in [3.63, 3.8) is 0 Å². The quantitative estimate of drug-likeness (QED) is 0.928. The fourth-order valence-corrected chi connectivity index (χ4v) is 3.36. The van der Waals surface area contributed by atoms with Crippen LogP contribution in [0, 0.1) is 0 Å². The van der Waals surface area contributed by atoms with Crippen molar-refractivity contribution in [1.29, 1.82) is 0 Å². The van der Waals surface area contributed by atoms with Gasteiger partial charge in [0.25, 0.3) is 5.91 Å². The second-order valence-electron chi connectivity index (χ2n) is 5.32. The van der Waals surface area contributed by atoms with Gasteiger partial charge in [0.05, 0.1) is 12.2 Å². The molecule has 0 saturated carbocycles. The third-order valence-corrected chi connectivity index (χ3v) is 4.61. The van der Waals surface area contributed by atoms with Crippen molar-refractivity contribution in [3.8, 4) is 0 Å². The highest BCUT2D eigenvalue weighted by atomic mass is 32.1. The number of benzene rings is 1. The maximum absolute atomic E-state index is 12.6. The van der Waals surface area contributed by atoms with Crippen LogP contribution in [0.25, 0.3) is 0 Å². The zero-order chi connectivity index (χ0) is 16.4. The average Bonchev–Trinajstić information content (AvgIpc) is 3.02. The first-order valence-electron chi connectivity index (χ1n) is 7.16. The molecule has 1 aromatic carbocycles. The number of aromatic nitrogens is 1. The first kappa shape index (κ1) is 15.6. The summed E-state index contributed by atoms with van der Waals surface area (Å²) in [5.74, 6) is -1.09. The molecule has 1 aromatic heterocycles. The van der Waals surface area contributed by atoms with Crippen LogP contribution in [0.4, 0.5) is 0 Å². The molecule has 0 fully saturated rings. The number of methoxy groups -OCH3 is 1. The summed E-state index contributed by atoms with van der Waals surface area (Å²) in [5.41, 5.74) is 2.64. The van der Waals surface area contributed by atoms with E-state index < -0.39 is 5.97 Å². The van der Waals surface area contributed by atoms with Gasteiger partial charge in [-0.05, 0) is 29.7 Å². The first-order valence-corrected chi connectivity index (χ1v) is 8.04. The molecule has 23 heavy (non-hydrogen) atoms. The summed E-state index contributed by atoms with van der Waals surface area (Å²) in [5, 5.41) is 11.6. The van der Waals surface area contributed by atoms with Crippen LogP contribution in [0.3, 0.4) is 0 Å². The van der Waals surface area contributed by atoms with Crippen molar-refractivity contribution in [2.45, 2.75) is 19.6 Å². The summed E-state index contributed by atoms with van der Waals surface area (Å²) in [6.07, 6.45) is 0.718. The van der Waals surface area contributed by atoms with Crippen LogP contribution in [-0.4, -0.2) is 40.5 Å². The molecule has 0 unspecified atom stereocenters. The van der Waals surface area contributed by atoms with Crippen molar-refractivity contribution in [1.82, 2.24) is 9.88 Å². The van der Waals surface area contributed by atoms with Gasteiger partial charge in [0, 0.05) is 25.6 Å². The number of hydrogen-bond donors (Lipinski definition) is 1. The van der Waals surface area contributed by atoms with Gasteiger partial charge < -0.3 is 14.7 Å². The van der Waals surface area contributed by atoms with Gasteiger partial charge in [-0.15, -0.1) is 11.3 Å². The van der Waals surface area contributed by atoms with E-state index in [9.17, 15) is 9.59 Å². The van der Waals surface area contributed by atoms with Crippen LogP contribution < -0.4 is 0 Å². The first-order chi connectivity index (χ1) is 11.1. The Labute approximate surface area is 137 Å². The van der Waals surface area contributed by atoms with Crippen LogP contribution in [0.5, 0.6) is 0 Å². The van der Waals surface area contributed by atoms with E-state index in [1.807, 2.05) is 6.07 Å². The number of amides is 1. The van der Waals surface area contributed by atoms with Crippen LogP contribution >= 0.6 is 11.3 Å². The Kier molecular flexibility index (Phi) is 4.40. The van der Waals surface area contributed by atoms with Crippen molar-refractivity contribution < 1.29 is 19.4 Å². The third-order valence-electron chi connectivity index (χ3n) is 3.79. The van der Waals surface area contributed by atoms with E-state index in [2.05, 4.69) is 4.98 Å². The standard InChI is InChI=1S/C16H16N2O4S/c1-22-8-14-17-13(9-23-14)15(19)18-5-4-10-2-3-11(16(20)21)6-12(10)7-18/h2-3,6,9H,4-5,7-8H2,1H3,(H,20,21). The Morgan fingerprint density at radius 2 is 2.22 bits per heavy atom. The molecule has 0 aliphatic carbocycles. The number of carboxylic acids is 1. The molecule has 2 aromatic rings. The molecule has 1 aliphatic heterocycles. The Morgan fingerprint density at radius 1 is 1.39 bits per heavy atom. The number of thiazole rings is 1. The largest absolute Gasteiger partial charge is 0.478 e. The maximum atomic E-state index is 12.6. The number of carboxylic acid groups (broad SMARTS) is 1. The van der Waals surface area contributed by atoms with E-state index in [0.29, 0.717) is 25.4 Å². The minimum atomic E-state index is -0.958. The molecule has 1 aliphatic rings. The summed E-state index contributed by atoms with van der Waals surface area (Å²) in [7, 11) is 1.59. The lowest BCUT2D eigenvalue weighted by molar-refractivity contribution is 0.0696. The predicted molar refractivity (Wildman–Crippen MR) is 84.7 cm³/mol. The predicted octanol–water partition coefficient (Wildman–Crippen LogP) is 2.19. The zero-order valence-corrected chi connectivity index (χ0v) is 13.4. The summed E-state index contributed by atoms with van der Waals surface area (Å²) in [4.78, 5) is 29.6. The second-order valence-corrected chi connectivity index (χ2v) is 6.27. The number of fused-ring (bicyclic) bond motifs is 1. The number of rotatable bonds is 4. The lowest BCUT2D eigenvalue weighted by Crippen LogP contribution is -2.36. The highest BCUT2D eigenvalue weighted by Crippen LogP contribution is 2.22. The normalized spacial score (nSPS) is 13.7. The molecule has 0 spiro atoms. The van der Waals surface area contributed by atoms with Gasteiger partial charge in [0.2, 0.25) is 0 Å². The van der Waals surface area contributed by atoms with Crippen molar-refractivity contribution in [2.75, 3.05) is 13.7 Å². The summed E-state index contributed by atoms with van der Waals surface area (Å²) < 4.78 is 5.02. The number of carbonyl (C=O) groups is 2. The lowest BCUT2D eigenvalue weighted by atomic mass is 9.97. The Hall–Kier alpha value is -2.25. The second kappa shape index (κ2) is 6.47. The summed E-state index contributed by atoms with van der Waals surface area (Å²) >= 11 is 1.40. The highest BCUT2D eigenvalue weighted by Gasteiger charge is 2.24. The number of nitrogens with zero attached hydrogens (tertiary/aromatic N) is 2. The molecule has 0 bridgehead atoms. The van der Waals surface area contributed by atoms with Crippen molar-refractivity contribution in [3.05, 3.63) is 51.0 Å². The molecule has 0 atom stereocenters. The monoisotopic (exact) mass is 332 g/mol. The fraction of sp³-hybridized carbons (Fsp3) is 0.312. The number of hydrogen-bond acceptors (Lipinski definition) is 5. The van der Waals surface area contributed by atoms with E-state index in [1.54, 1.807) is 29.5 Å². The fourth-order valence-electron chi connectivity index (χ4n) is 2.62. The molecule has 1 N–H and O–H groups in total. The number of ether oxygens (including phenoxy) is 1. The van der Waals surface area contributed by atoms with Gasteiger partial charge in [-0.1, -0.05) is 6.07 Å². The summed E-state index contributed by atoms with van der Waals surface area (Å²) in [6.45, 7) is 1.41. The molecule has 0 saturated heterocycles.